The van der Waals surface area contributed by atoms with Gasteiger partial charge >= 0.3 is 5.97 Å². The minimum Gasteiger partial charge on any atom is -0.491 e. The van der Waals surface area contributed by atoms with Crippen LogP contribution in [-0.2, 0) is 19.0 Å². The molecule has 0 radical (unpaired) electrons. The summed E-state index contributed by atoms with van der Waals surface area (Å²) in [4.78, 5) is 10.6. The summed E-state index contributed by atoms with van der Waals surface area (Å²) < 4.78 is 21.7. The van der Waals surface area contributed by atoms with E-state index in [1.807, 2.05) is 12.1 Å². The maximum Gasteiger partial charge on any atom is 0.302 e. The van der Waals surface area contributed by atoms with Crippen LogP contribution in [0.3, 0.4) is 0 Å². The molecule has 0 bridgehead atoms. The molecular formula is C21H34O5. The average Bonchev–Trinajstić information content (AvgIpc) is 2.63. The molecule has 0 aliphatic rings. The molecule has 0 amide bonds. The Hall–Kier alpha value is -1.59. The molecule has 0 N–H and O–H groups in total. The SMILES string of the molecule is CCC(C)c1ccc(OC(C)CCOCCCOCCOC(C)=O)cc1. The molecule has 2 atom stereocenters. The van der Waals surface area contributed by atoms with Gasteiger partial charge in [0, 0.05) is 26.6 Å². The first-order valence-corrected chi connectivity index (χ1v) is 9.58. The highest BCUT2D eigenvalue weighted by Crippen LogP contribution is 2.22. The van der Waals surface area contributed by atoms with Crippen molar-refractivity contribution in [2.24, 2.45) is 0 Å². The third kappa shape index (κ3) is 10.4. The van der Waals surface area contributed by atoms with Crippen LogP contribution in [0, 0.1) is 0 Å². The van der Waals surface area contributed by atoms with Gasteiger partial charge in [-0.25, -0.2) is 0 Å². The topological polar surface area (TPSA) is 54.0 Å². The van der Waals surface area contributed by atoms with Gasteiger partial charge in [0.2, 0.25) is 0 Å². The molecular weight excluding hydrogens is 332 g/mol. The molecule has 1 aromatic carbocycles. The van der Waals surface area contributed by atoms with Crippen LogP contribution in [-0.4, -0.2) is 45.1 Å². The number of benzene rings is 1. The fourth-order valence-corrected chi connectivity index (χ4v) is 2.36. The van der Waals surface area contributed by atoms with Gasteiger partial charge in [-0.15, -0.1) is 0 Å². The Labute approximate surface area is 158 Å². The largest absolute Gasteiger partial charge is 0.491 e. The molecule has 0 spiro atoms. The Morgan fingerprint density at radius 1 is 0.962 bits per heavy atom. The minimum absolute atomic E-state index is 0.115. The summed E-state index contributed by atoms with van der Waals surface area (Å²) in [5.74, 6) is 1.21. The molecule has 0 saturated carbocycles. The Bertz CT molecular complexity index is 486. The van der Waals surface area contributed by atoms with Gasteiger partial charge in [-0.05, 0) is 43.4 Å². The molecule has 26 heavy (non-hydrogen) atoms. The van der Waals surface area contributed by atoms with Crippen LogP contribution >= 0.6 is 0 Å². The van der Waals surface area contributed by atoms with Crippen LogP contribution in [0.1, 0.15) is 58.4 Å². The van der Waals surface area contributed by atoms with E-state index in [1.54, 1.807) is 0 Å². The number of ether oxygens (including phenoxy) is 4. The number of hydrogen-bond acceptors (Lipinski definition) is 5. The molecule has 0 saturated heterocycles. The second-order valence-corrected chi connectivity index (χ2v) is 6.51. The van der Waals surface area contributed by atoms with Gasteiger partial charge in [0.05, 0.1) is 19.3 Å². The highest BCUT2D eigenvalue weighted by Gasteiger charge is 2.06. The van der Waals surface area contributed by atoms with E-state index in [-0.39, 0.29) is 12.1 Å². The van der Waals surface area contributed by atoms with Crippen molar-refractivity contribution in [3.8, 4) is 5.75 Å². The molecule has 0 fully saturated rings. The van der Waals surface area contributed by atoms with E-state index in [0.717, 1.165) is 25.0 Å². The molecule has 0 aromatic heterocycles. The molecule has 148 valence electrons. The van der Waals surface area contributed by atoms with E-state index in [4.69, 9.17) is 18.9 Å². The Morgan fingerprint density at radius 2 is 1.62 bits per heavy atom. The minimum atomic E-state index is -0.278. The summed E-state index contributed by atoms with van der Waals surface area (Å²) in [5.41, 5.74) is 1.35. The zero-order valence-corrected chi connectivity index (χ0v) is 16.7. The lowest BCUT2D eigenvalue weighted by molar-refractivity contribution is -0.142. The van der Waals surface area contributed by atoms with Crippen molar-refractivity contribution < 1.29 is 23.7 Å². The van der Waals surface area contributed by atoms with E-state index in [1.165, 1.54) is 12.5 Å². The van der Waals surface area contributed by atoms with Crippen molar-refractivity contribution in [2.75, 3.05) is 33.0 Å². The Kier molecular flexibility index (Phi) is 11.7. The predicted octanol–water partition coefficient (Wildman–Crippen LogP) is 4.34. The first-order chi connectivity index (χ1) is 12.5. The first-order valence-electron chi connectivity index (χ1n) is 9.58. The van der Waals surface area contributed by atoms with E-state index < -0.39 is 0 Å². The van der Waals surface area contributed by atoms with Crippen molar-refractivity contribution in [1.29, 1.82) is 0 Å². The molecule has 5 heteroatoms. The van der Waals surface area contributed by atoms with Crippen LogP contribution in [0.5, 0.6) is 5.75 Å². The number of hydrogen-bond donors (Lipinski definition) is 0. The van der Waals surface area contributed by atoms with Crippen molar-refractivity contribution in [1.82, 2.24) is 0 Å². The number of rotatable bonds is 14. The second-order valence-electron chi connectivity index (χ2n) is 6.51. The van der Waals surface area contributed by atoms with Gasteiger partial charge in [0.1, 0.15) is 12.4 Å². The van der Waals surface area contributed by atoms with Crippen molar-refractivity contribution in [3.05, 3.63) is 29.8 Å². The number of carbonyl (C=O) groups excluding carboxylic acids is 1. The van der Waals surface area contributed by atoms with E-state index in [2.05, 4.69) is 32.9 Å². The predicted molar refractivity (Wildman–Crippen MR) is 103 cm³/mol. The highest BCUT2D eigenvalue weighted by atomic mass is 16.6. The average molecular weight is 366 g/mol. The van der Waals surface area contributed by atoms with Gasteiger partial charge < -0.3 is 18.9 Å². The summed E-state index contributed by atoms with van der Waals surface area (Å²) in [5, 5.41) is 0. The molecule has 5 nitrogen and oxygen atoms in total. The quantitative estimate of drug-likeness (QED) is 0.362. The lowest BCUT2D eigenvalue weighted by atomic mass is 9.99. The maximum atomic E-state index is 10.6. The molecule has 0 aliphatic carbocycles. The number of carbonyl (C=O) groups is 1. The van der Waals surface area contributed by atoms with Crippen molar-refractivity contribution in [2.45, 2.75) is 59.0 Å². The fourth-order valence-electron chi connectivity index (χ4n) is 2.36. The van der Waals surface area contributed by atoms with E-state index in [0.29, 0.717) is 39.0 Å². The molecule has 1 aromatic rings. The molecule has 0 heterocycles. The monoisotopic (exact) mass is 366 g/mol. The third-order valence-electron chi connectivity index (χ3n) is 4.18. The van der Waals surface area contributed by atoms with Crippen LogP contribution in [0.2, 0.25) is 0 Å². The van der Waals surface area contributed by atoms with Gasteiger partial charge in [-0.2, -0.15) is 0 Å². The standard InChI is InChI=1S/C21H34O5/c1-5-17(2)20-7-9-21(10-8-20)26-18(3)11-14-23-12-6-13-24-15-16-25-19(4)22/h7-10,17-18H,5-6,11-16H2,1-4H3. The van der Waals surface area contributed by atoms with Crippen LogP contribution < -0.4 is 4.74 Å². The Balaban J connectivity index is 2.03. The van der Waals surface area contributed by atoms with Crippen molar-refractivity contribution in [3.63, 3.8) is 0 Å². The zero-order chi connectivity index (χ0) is 19.2. The summed E-state index contributed by atoms with van der Waals surface area (Å²) in [6.07, 6.45) is 2.93. The van der Waals surface area contributed by atoms with Crippen LogP contribution in [0.15, 0.2) is 24.3 Å². The summed E-state index contributed by atoms with van der Waals surface area (Å²) in [7, 11) is 0. The summed E-state index contributed by atoms with van der Waals surface area (Å²) in [6, 6.07) is 8.39. The van der Waals surface area contributed by atoms with Gasteiger partial charge in [-0.1, -0.05) is 26.0 Å². The Morgan fingerprint density at radius 3 is 2.23 bits per heavy atom. The van der Waals surface area contributed by atoms with Gasteiger partial charge in [0.25, 0.3) is 0 Å². The fraction of sp³-hybridized carbons (Fsp3) is 0.667. The van der Waals surface area contributed by atoms with Gasteiger partial charge in [0.15, 0.2) is 0 Å². The zero-order valence-electron chi connectivity index (χ0n) is 16.7. The summed E-state index contributed by atoms with van der Waals surface area (Å²) in [6.45, 7) is 10.6. The van der Waals surface area contributed by atoms with Crippen molar-refractivity contribution >= 4 is 5.97 Å². The molecule has 0 aliphatic heterocycles. The summed E-state index contributed by atoms with van der Waals surface area (Å²) >= 11 is 0. The smallest absolute Gasteiger partial charge is 0.302 e. The van der Waals surface area contributed by atoms with E-state index in [9.17, 15) is 4.79 Å². The first kappa shape index (κ1) is 22.5. The lowest BCUT2D eigenvalue weighted by Crippen LogP contribution is -2.15. The number of esters is 1. The molecule has 1 rings (SSSR count). The maximum absolute atomic E-state index is 10.6. The van der Waals surface area contributed by atoms with E-state index >= 15 is 0 Å². The third-order valence-corrected chi connectivity index (χ3v) is 4.18. The second kappa shape index (κ2) is 13.6. The van der Waals surface area contributed by atoms with Gasteiger partial charge in [-0.3, -0.25) is 4.79 Å². The van der Waals surface area contributed by atoms with Crippen LogP contribution in [0.4, 0.5) is 0 Å². The van der Waals surface area contributed by atoms with Crippen LogP contribution in [0.25, 0.3) is 0 Å². The highest BCUT2D eigenvalue weighted by molar-refractivity contribution is 5.65. The molecule has 2 unspecified atom stereocenters. The lowest BCUT2D eigenvalue weighted by Gasteiger charge is -2.16. The normalized spacial score (nSPS) is 13.2.